The number of fused-ring (bicyclic) bond motifs is 1. The lowest BCUT2D eigenvalue weighted by atomic mass is 9.84. The number of Topliss-reactive ketones (excluding diaryl/α,β-unsaturated/α-hetero) is 1. The largest absolute Gasteiger partial charge is 0.385 e. The molecular weight excluding hydrogens is 482 g/mol. The van der Waals surface area contributed by atoms with E-state index in [1.807, 2.05) is 43.9 Å². The van der Waals surface area contributed by atoms with Gasteiger partial charge >= 0.3 is 0 Å². The van der Waals surface area contributed by atoms with Gasteiger partial charge in [0, 0.05) is 63.6 Å². The van der Waals surface area contributed by atoms with E-state index in [2.05, 4.69) is 16.4 Å². The molecule has 9 nitrogen and oxygen atoms in total. The number of anilines is 2. The van der Waals surface area contributed by atoms with E-state index < -0.39 is 0 Å². The van der Waals surface area contributed by atoms with E-state index in [4.69, 9.17) is 9.72 Å². The summed E-state index contributed by atoms with van der Waals surface area (Å²) >= 11 is 0. The summed E-state index contributed by atoms with van der Waals surface area (Å²) < 4.78 is 5.14. The first kappa shape index (κ1) is 27.7. The smallest absolute Gasteiger partial charge is 0.231 e. The molecule has 0 spiro atoms. The predicted octanol–water partition coefficient (Wildman–Crippen LogP) is 3.48. The van der Waals surface area contributed by atoms with Gasteiger partial charge in [0.1, 0.15) is 11.6 Å². The van der Waals surface area contributed by atoms with Crippen LogP contribution in [0, 0.1) is 11.8 Å². The molecule has 0 aliphatic carbocycles. The Hall–Kier alpha value is -3.33. The minimum atomic E-state index is -0.343. The lowest BCUT2D eigenvalue weighted by Gasteiger charge is -2.36. The molecule has 9 heteroatoms. The molecule has 2 amide bonds. The average Bonchev–Trinajstić information content (AvgIpc) is 3.34. The van der Waals surface area contributed by atoms with Gasteiger partial charge in [-0.2, -0.15) is 0 Å². The zero-order valence-corrected chi connectivity index (χ0v) is 22.9. The van der Waals surface area contributed by atoms with Crippen molar-refractivity contribution >= 4 is 29.6 Å². The van der Waals surface area contributed by atoms with Gasteiger partial charge in [0.2, 0.25) is 12.3 Å². The Balaban J connectivity index is 1.49. The Morgan fingerprint density at radius 1 is 1.21 bits per heavy atom. The van der Waals surface area contributed by atoms with Gasteiger partial charge < -0.3 is 19.9 Å². The molecule has 3 heterocycles. The van der Waals surface area contributed by atoms with Crippen LogP contribution in [0.15, 0.2) is 30.5 Å². The Bertz CT molecular complexity index is 1160. The van der Waals surface area contributed by atoms with Crippen LogP contribution < -0.4 is 10.2 Å². The van der Waals surface area contributed by atoms with Gasteiger partial charge in [-0.1, -0.05) is 39.0 Å². The fraction of sp³-hybridized carbons (Fsp3) is 0.552. The van der Waals surface area contributed by atoms with Crippen LogP contribution in [0.1, 0.15) is 61.8 Å². The van der Waals surface area contributed by atoms with Crippen molar-refractivity contribution in [1.29, 1.82) is 0 Å². The molecule has 0 radical (unpaired) electrons. The molecule has 38 heavy (non-hydrogen) atoms. The molecule has 1 N–H and O–H groups in total. The van der Waals surface area contributed by atoms with Crippen LogP contribution in [0.4, 0.5) is 11.5 Å². The summed E-state index contributed by atoms with van der Waals surface area (Å²) in [5.41, 5.74) is 2.30. The summed E-state index contributed by atoms with van der Waals surface area (Å²) in [4.78, 5) is 51.5. The third-order valence-electron chi connectivity index (χ3n) is 7.27. The van der Waals surface area contributed by atoms with Crippen molar-refractivity contribution < 1.29 is 19.1 Å². The number of carbonyl (C=O) groups excluding carboxylic acids is 3. The number of amides is 2. The number of hydrogen-bond acceptors (Lipinski definition) is 7. The molecule has 0 saturated carbocycles. The van der Waals surface area contributed by atoms with Gasteiger partial charge in [-0.15, -0.1) is 0 Å². The van der Waals surface area contributed by atoms with Gasteiger partial charge in [-0.05, 0) is 36.8 Å². The Labute approximate surface area is 225 Å². The fourth-order valence-corrected chi connectivity index (χ4v) is 5.32. The molecule has 2 atom stereocenters. The molecule has 1 saturated heterocycles. The van der Waals surface area contributed by atoms with E-state index in [0.29, 0.717) is 56.4 Å². The van der Waals surface area contributed by atoms with Crippen LogP contribution in [-0.2, 0) is 26.2 Å². The van der Waals surface area contributed by atoms with Crippen LogP contribution in [0.5, 0.6) is 0 Å². The zero-order chi connectivity index (χ0) is 27.3. The SMILES string of the molecule is COCCCNc1nc(C(C)(C)C)ncc1C(=O)CC1CC(C(=O)N2CCc3ccccc32)CN(C=O)C1. The number of aromatic nitrogens is 2. The maximum Gasteiger partial charge on any atom is 0.231 e. The topological polar surface area (TPSA) is 105 Å². The lowest BCUT2D eigenvalue weighted by Crippen LogP contribution is -2.47. The van der Waals surface area contributed by atoms with Crippen LogP contribution >= 0.6 is 0 Å². The van der Waals surface area contributed by atoms with Crippen LogP contribution in [-0.4, -0.2) is 72.9 Å². The van der Waals surface area contributed by atoms with E-state index in [0.717, 1.165) is 24.9 Å². The van der Waals surface area contributed by atoms with Crippen molar-refractivity contribution in [3.05, 3.63) is 47.4 Å². The number of ether oxygens (including phenoxy) is 1. The minimum absolute atomic E-state index is 0.0253. The van der Waals surface area contributed by atoms with Crippen molar-refractivity contribution in [3.63, 3.8) is 0 Å². The number of methoxy groups -OCH3 is 1. The highest BCUT2D eigenvalue weighted by Gasteiger charge is 2.37. The summed E-state index contributed by atoms with van der Waals surface area (Å²) in [5, 5.41) is 3.29. The maximum absolute atomic E-state index is 13.5. The summed E-state index contributed by atoms with van der Waals surface area (Å²) in [7, 11) is 1.66. The number of nitrogens with one attached hydrogen (secondary N) is 1. The Kier molecular flexibility index (Phi) is 8.76. The fourth-order valence-electron chi connectivity index (χ4n) is 5.32. The molecule has 2 aliphatic rings. The number of ketones is 1. The summed E-state index contributed by atoms with van der Waals surface area (Å²) in [5.74, 6) is 0.647. The third kappa shape index (κ3) is 6.38. The molecule has 4 rings (SSSR count). The monoisotopic (exact) mass is 521 g/mol. The number of rotatable bonds is 10. The van der Waals surface area contributed by atoms with E-state index in [1.54, 1.807) is 18.2 Å². The highest BCUT2D eigenvalue weighted by atomic mass is 16.5. The molecule has 1 aromatic carbocycles. The maximum atomic E-state index is 13.5. The second-order valence-corrected chi connectivity index (χ2v) is 11.3. The second kappa shape index (κ2) is 12.0. The average molecular weight is 522 g/mol. The molecule has 0 bridgehead atoms. The Morgan fingerprint density at radius 2 is 2.00 bits per heavy atom. The number of hydrogen-bond donors (Lipinski definition) is 1. The second-order valence-electron chi connectivity index (χ2n) is 11.3. The van der Waals surface area contributed by atoms with Crippen LogP contribution in [0.25, 0.3) is 0 Å². The zero-order valence-electron chi connectivity index (χ0n) is 22.9. The number of benzene rings is 1. The molecule has 2 aromatic rings. The molecular formula is C29H39N5O4. The van der Waals surface area contributed by atoms with Gasteiger partial charge in [0.05, 0.1) is 11.5 Å². The summed E-state index contributed by atoms with van der Waals surface area (Å²) in [6, 6.07) is 7.96. The molecule has 2 unspecified atom stereocenters. The summed E-state index contributed by atoms with van der Waals surface area (Å²) in [6.07, 6.45) is 4.79. The number of carbonyl (C=O) groups is 3. The number of likely N-dealkylation sites (tertiary alicyclic amines) is 1. The molecule has 1 aromatic heterocycles. The third-order valence-corrected chi connectivity index (χ3v) is 7.27. The first-order valence-corrected chi connectivity index (χ1v) is 13.4. The van der Waals surface area contributed by atoms with Crippen molar-refractivity contribution in [1.82, 2.24) is 14.9 Å². The lowest BCUT2D eigenvalue weighted by molar-refractivity contribution is -0.128. The van der Waals surface area contributed by atoms with Crippen molar-refractivity contribution in [2.75, 3.05) is 50.1 Å². The molecule has 2 aliphatic heterocycles. The first-order valence-electron chi connectivity index (χ1n) is 13.4. The predicted molar refractivity (Wildman–Crippen MR) is 146 cm³/mol. The van der Waals surface area contributed by atoms with E-state index in [-0.39, 0.29) is 35.4 Å². The van der Waals surface area contributed by atoms with Crippen LogP contribution in [0.2, 0.25) is 0 Å². The van der Waals surface area contributed by atoms with Crippen molar-refractivity contribution in [2.45, 2.75) is 51.9 Å². The van der Waals surface area contributed by atoms with Gasteiger partial charge in [0.25, 0.3) is 0 Å². The van der Waals surface area contributed by atoms with E-state index >= 15 is 0 Å². The van der Waals surface area contributed by atoms with Crippen molar-refractivity contribution in [3.8, 4) is 0 Å². The highest BCUT2D eigenvalue weighted by molar-refractivity contribution is 6.00. The number of nitrogens with zero attached hydrogens (tertiary/aromatic N) is 4. The Morgan fingerprint density at radius 3 is 2.74 bits per heavy atom. The number of para-hydroxylation sites is 1. The standard InChI is InChI=1S/C29H39N5O4/c1-29(2,3)28-31-16-23(26(32-28)30-11-7-13-38-4)25(36)15-20-14-22(18-33(17-20)19-35)27(37)34-12-10-21-8-5-6-9-24(21)34/h5-6,8-9,16,19-20,22H,7,10-15,17-18H2,1-4H3,(H,30,31,32). The first-order chi connectivity index (χ1) is 18.2. The van der Waals surface area contributed by atoms with E-state index in [1.165, 1.54) is 5.56 Å². The van der Waals surface area contributed by atoms with Crippen molar-refractivity contribution in [2.24, 2.45) is 11.8 Å². The van der Waals surface area contributed by atoms with Gasteiger partial charge in [0.15, 0.2) is 5.78 Å². The quantitative estimate of drug-likeness (QED) is 0.290. The van der Waals surface area contributed by atoms with Crippen LogP contribution in [0.3, 0.4) is 0 Å². The molecule has 204 valence electrons. The van der Waals surface area contributed by atoms with Gasteiger partial charge in [-0.25, -0.2) is 9.97 Å². The van der Waals surface area contributed by atoms with Gasteiger partial charge in [-0.3, -0.25) is 14.4 Å². The summed E-state index contributed by atoms with van der Waals surface area (Å²) in [6.45, 7) is 8.79. The molecule has 1 fully saturated rings. The van der Waals surface area contributed by atoms with E-state index in [9.17, 15) is 14.4 Å². The number of piperidine rings is 1. The minimum Gasteiger partial charge on any atom is -0.385 e. The highest BCUT2D eigenvalue weighted by Crippen LogP contribution is 2.33. The normalized spacial score (nSPS) is 19.3.